The Bertz CT molecular complexity index is 566. The molecule has 1 aromatic heterocycles. The van der Waals surface area contributed by atoms with Crippen molar-refractivity contribution in [1.29, 1.82) is 0 Å². The molecule has 0 bridgehead atoms. The Labute approximate surface area is 144 Å². The number of nitrogens with one attached hydrogen (secondary N) is 2. The smallest absolute Gasteiger partial charge is 0.223 e. The van der Waals surface area contributed by atoms with Crippen molar-refractivity contribution >= 4 is 5.91 Å². The third kappa shape index (κ3) is 5.85. The second-order valence-corrected chi connectivity index (χ2v) is 6.28. The summed E-state index contributed by atoms with van der Waals surface area (Å²) >= 11 is 0. The van der Waals surface area contributed by atoms with E-state index in [0.29, 0.717) is 19.0 Å². The second-order valence-electron chi connectivity index (χ2n) is 6.28. The van der Waals surface area contributed by atoms with Crippen LogP contribution in [0.5, 0.6) is 0 Å². The standard InChI is InChI=1S/C18H28N4O2/c1-14(18-20-9-11-24-18)6-4-8-19-17(23)7-5-10-22-13-21-15(2)12-16(22)3/h5,9-12,14-15,21H,4,6-8,13H2,1-3H3,(H,19,23)/b10-5-. The molecule has 0 saturated heterocycles. The van der Waals surface area contributed by atoms with E-state index in [2.05, 4.69) is 47.4 Å². The van der Waals surface area contributed by atoms with Gasteiger partial charge in [0.05, 0.1) is 12.9 Å². The molecule has 2 N–H and O–H groups in total. The zero-order valence-corrected chi connectivity index (χ0v) is 14.8. The molecular weight excluding hydrogens is 304 g/mol. The number of oxazole rings is 1. The first kappa shape index (κ1) is 18.3. The van der Waals surface area contributed by atoms with Gasteiger partial charge in [-0.15, -0.1) is 0 Å². The van der Waals surface area contributed by atoms with Crippen LogP contribution in [0.25, 0.3) is 0 Å². The summed E-state index contributed by atoms with van der Waals surface area (Å²) in [6.07, 6.45) is 11.5. The number of allylic oxidation sites excluding steroid dienone is 1. The molecule has 1 aromatic rings. The first-order valence-corrected chi connectivity index (χ1v) is 8.57. The quantitative estimate of drug-likeness (QED) is 0.716. The van der Waals surface area contributed by atoms with Crippen LogP contribution in [0.15, 0.2) is 40.9 Å². The fraction of sp³-hybridized carbons (Fsp3) is 0.556. The molecule has 2 heterocycles. The Kier molecular flexibility index (Phi) is 7.06. The summed E-state index contributed by atoms with van der Waals surface area (Å²) in [5.41, 5.74) is 1.21. The molecule has 0 fully saturated rings. The molecule has 1 aliphatic rings. The van der Waals surface area contributed by atoms with Crippen molar-refractivity contribution in [2.75, 3.05) is 13.2 Å². The monoisotopic (exact) mass is 332 g/mol. The van der Waals surface area contributed by atoms with Crippen molar-refractivity contribution in [3.8, 4) is 0 Å². The summed E-state index contributed by atoms with van der Waals surface area (Å²) in [4.78, 5) is 18.1. The molecule has 132 valence electrons. The van der Waals surface area contributed by atoms with Crippen LogP contribution >= 0.6 is 0 Å². The van der Waals surface area contributed by atoms with Crippen LogP contribution in [-0.4, -0.2) is 35.0 Å². The van der Waals surface area contributed by atoms with Crippen LogP contribution in [-0.2, 0) is 4.79 Å². The summed E-state index contributed by atoms with van der Waals surface area (Å²) in [6.45, 7) is 7.75. The Morgan fingerprint density at radius 2 is 2.46 bits per heavy atom. The van der Waals surface area contributed by atoms with Gasteiger partial charge in [-0.3, -0.25) is 10.1 Å². The summed E-state index contributed by atoms with van der Waals surface area (Å²) in [7, 11) is 0. The lowest BCUT2D eigenvalue weighted by molar-refractivity contribution is -0.120. The fourth-order valence-electron chi connectivity index (χ4n) is 2.65. The molecule has 0 aromatic carbocycles. The molecule has 0 saturated carbocycles. The molecule has 2 unspecified atom stereocenters. The second kappa shape index (κ2) is 9.27. The van der Waals surface area contributed by atoms with Gasteiger partial charge in [-0.2, -0.15) is 0 Å². The normalized spacial score (nSPS) is 19.4. The Balaban J connectivity index is 1.60. The number of hydrogen-bond donors (Lipinski definition) is 2. The van der Waals surface area contributed by atoms with Gasteiger partial charge >= 0.3 is 0 Å². The molecule has 0 radical (unpaired) electrons. The van der Waals surface area contributed by atoms with Gasteiger partial charge in [-0.25, -0.2) is 4.98 Å². The summed E-state index contributed by atoms with van der Waals surface area (Å²) < 4.78 is 5.28. The van der Waals surface area contributed by atoms with Crippen molar-refractivity contribution in [2.45, 2.75) is 52.0 Å². The summed E-state index contributed by atoms with van der Waals surface area (Å²) in [5, 5.41) is 6.30. The van der Waals surface area contributed by atoms with E-state index in [-0.39, 0.29) is 11.8 Å². The van der Waals surface area contributed by atoms with Crippen LogP contribution < -0.4 is 10.6 Å². The molecule has 6 heteroatoms. The van der Waals surface area contributed by atoms with Gasteiger partial charge in [-0.1, -0.05) is 13.0 Å². The minimum atomic E-state index is 0.0509. The number of rotatable bonds is 8. The van der Waals surface area contributed by atoms with E-state index in [1.54, 1.807) is 12.5 Å². The maximum Gasteiger partial charge on any atom is 0.223 e. The SMILES string of the molecule is CC1=CC(C)NCN1/C=C\CC(=O)NCCCC(C)c1ncco1. The van der Waals surface area contributed by atoms with Gasteiger partial charge < -0.3 is 14.6 Å². The van der Waals surface area contributed by atoms with E-state index in [0.717, 1.165) is 25.4 Å². The minimum Gasteiger partial charge on any atom is -0.449 e. The molecule has 0 aliphatic carbocycles. The van der Waals surface area contributed by atoms with E-state index in [1.807, 2.05) is 12.3 Å². The van der Waals surface area contributed by atoms with Crippen molar-refractivity contribution in [2.24, 2.45) is 0 Å². The average Bonchev–Trinajstić information content (AvgIpc) is 3.08. The number of hydrogen-bond acceptors (Lipinski definition) is 5. The van der Waals surface area contributed by atoms with Crippen LogP contribution in [0.3, 0.4) is 0 Å². The van der Waals surface area contributed by atoms with Crippen molar-refractivity contribution in [1.82, 2.24) is 20.5 Å². The molecule has 1 aliphatic heterocycles. The van der Waals surface area contributed by atoms with E-state index in [1.165, 1.54) is 5.70 Å². The van der Waals surface area contributed by atoms with Crippen LogP contribution in [0, 0.1) is 0 Å². The summed E-state index contributed by atoms with van der Waals surface area (Å²) in [6, 6.07) is 0.400. The number of amides is 1. The van der Waals surface area contributed by atoms with E-state index >= 15 is 0 Å². The molecule has 2 atom stereocenters. The third-order valence-electron chi connectivity index (χ3n) is 4.13. The van der Waals surface area contributed by atoms with E-state index < -0.39 is 0 Å². The predicted octanol–water partition coefficient (Wildman–Crippen LogP) is 2.73. The molecule has 6 nitrogen and oxygen atoms in total. The molecular formula is C18H28N4O2. The Morgan fingerprint density at radius 1 is 1.62 bits per heavy atom. The first-order chi connectivity index (χ1) is 11.6. The zero-order valence-electron chi connectivity index (χ0n) is 14.8. The zero-order chi connectivity index (χ0) is 17.4. The van der Waals surface area contributed by atoms with Gasteiger partial charge in [0.2, 0.25) is 5.91 Å². The number of carbonyl (C=O) groups is 1. The Hall–Kier alpha value is -2.08. The molecule has 0 spiro atoms. The average molecular weight is 332 g/mol. The molecule has 2 rings (SSSR count). The number of aromatic nitrogens is 1. The van der Waals surface area contributed by atoms with Gasteiger partial charge in [0.15, 0.2) is 5.89 Å². The van der Waals surface area contributed by atoms with Gasteiger partial charge in [0.25, 0.3) is 0 Å². The van der Waals surface area contributed by atoms with Crippen molar-refractivity contribution in [3.63, 3.8) is 0 Å². The van der Waals surface area contributed by atoms with Gasteiger partial charge in [0.1, 0.15) is 6.26 Å². The topological polar surface area (TPSA) is 70.4 Å². The molecule has 1 amide bonds. The maximum absolute atomic E-state index is 11.8. The van der Waals surface area contributed by atoms with Crippen LogP contribution in [0.1, 0.15) is 51.8 Å². The van der Waals surface area contributed by atoms with Crippen LogP contribution in [0.2, 0.25) is 0 Å². The lowest BCUT2D eigenvalue weighted by Crippen LogP contribution is -2.39. The maximum atomic E-state index is 11.8. The van der Waals surface area contributed by atoms with E-state index in [9.17, 15) is 4.79 Å². The van der Waals surface area contributed by atoms with Crippen molar-refractivity contribution < 1.29 is 9.21 Å². The third-order valence-corrected chi connectivity index (χ3v) is 4.13. The highest BCUT2D eigenvalue weighted by atomic mass is 16.3. The fourth-order valence-corrected chi connectivity index (χ4v) is 2.65. The Morgan fingerprint density at radius 3 is 3.17 bits per heavy atom. The van der Waals surface area contributed by atoms with Crippen LogP contribution in [0.4, 0.5) is 0 Å². The first-order valence-electron chi connectivity index (χ1n) is 8.57. The lowest BCUT2D eigenvalue weighted by Gasteiger charge is -2.29. The minimum absolute atomic E-state index is 0.0509. The van der Waals surface area contributed by atoms with Gasteiger partial charge in [0, 0.05) is 36.8 Å². The number of nitrogens with zero attached hydrogens (tertiary/aromatic N) is 2. The van der Waals surface area contributed by atoms with Crippen molar-refractivity contribution in [3.05, 3.63) is 42.4 Å². The molecule has 24 heavy (non-hydrogen) atoms. The highest BCUT2D eigenvalue weighted by Gasteiger charge is 2.11. The highest BCUT2D eigenvalue weighted by Crippen LogP contribution is 2.17. The summed E-state index contributed by atoms with van der Waals surface area (Å²) in [5.74, 6) is 1.09. The number of carbonyl (C=O) groups excluding carboxylic acids is 1. The highest BCUT2D eigenvalue weighted by molar-refractivity contribution is 5.77. The lowest BCUT2D eigenvalue weighted by atomic mass is 10.1. The largest absolute Gasteiger partial charge is 0.449 e. The van der Waals surface area contributed by atoms with E-state index in [4.69, 9.17) is 4.42 Å². The predicted molar refractivity (Wildman–Crippen MR) is 94.0 cm³/mol. The van der Waals surface area contributed by atoms with Gasteiger partial charge in [-0.05, 0) is 32.8 Å².